The maximum Gasteiger partial charge on any atom is 0.448 e. The van der Waals surface area contributed by atoms with Crippen LogP contribution in [0.15, 0.2) is 0 Å². The number of carbonyl (C=O) groups is 3. The molecule has 1 unspecified atom stereocenters. The fourth-order valence-electron chi connectivity index (χ4n) is 0.850. The Labute approximate surface area is 111 Å². The molecule has 0 saturated heterocycles. The zero-order chi connectivity index (χ0) is 13.9. The van der Waals surface area contributed by atoms with Crippen molar-refractivity contribution in [2.45, 2.75) is 18.4 Å². The molecule has 0 heterocycles. The van der Waals surface area contributed by atoms with Crippen molar-refractivity contribution in [3.8, 4) is 0 Å². The van der Waals surface area contributed by atoms with Gasteiger partial charge in [0.1, 0.15) is 0 Å². The standard InChI is InChI=1S/C6H8O10S.Al.3H/c7-3(8)1-6(12,5(10)11)2-4(9)16-17(13,14)15;;;;/h12H,1-2H2,(H,7,8)(H,10,11)(H,13,14,15);;;;. The summed E-state index contributed by atoms with van der Waals surface area (Å²) < 4.78 is 31.6. The summed E-state index contributed by atoms with van der Waals surface area (Å²) in [6, 6.07) is 0. The van der Waals surface area contributed by atoms with E-state index in [9.17, 15) is 27.9 Å². The lowest BCUT2D eigenvalue weighted by Gasteiger charge is -2.19. The van der Waals surface area contributed by atoms with Crippen molar-refractivity contribution in [3.05, 3.63) is 0 Å². The second kappa shape index (κ2) is 6.67. The number of carbonyl (C=O) groups excluding carboxylic acids is 1. The monoisotopic (exact) mass is 302 g/mol. The van der Waals surface area contributed by atoms with Crippen LogP contribution in [0.2, 0.25) is 0 Å². The molecular weight excluding hydrogens is 291 g/mol. The highest BCUT2D eigenvalue weighted by atomic mass is 32.3. The first kappa shape index (κ1) is 19.2. The SMILES string of the molecule is O=C(O)CC(O)(CC(=O)OS(=O)(=O)O)C(=O)O.[AlH3]. The molecule has 0 rings (SSSR count). The van der Waals surface area contributed by atoms with E-state index in [0.29, 0.717) is 0 Å². The highest BCUT2D eigenvalue weighted by Crippen LogP contribution is 2.17. The summed E-state index contributed by atoms with van der Waals surface area (Å²) in [7, 11) is -5.15. The van der Waals surface area contributed by atoms with Gasteiger partial charge in [0.25, 0.3) is 0 Å². The van der Waals surface area contributed by atoms with Crippen molar-refractivity contribution >= 4 is 45.7 Å². The van der Waals surface area contributed by atoms with Crippen molar-refractivity contribution in [3.63, 3.8) is 0 Å². The van der Waals surface area contributed by atoms with Crippen molar-refractivity contribution in [2.75, 3.05) is 0 Å². The van der Waals surface area contributed by atoms with E-state index < -0.39 is 46.7 Å². The number of hydrogen-bond acceptors (Lipinski definition) is 7. The van der Waals surface area contributed by atoms with Crippen LogP contribution in [-0.2, 0) is 29.0 Å². The summed E-state index contributed by atoms with van der Waals surface area (Å²) in [5, 5.41) is 26.1. The molecule has 0 saturated carbocycles. The largest absolute Gasteiger partial charge is 0.481 e. The second-order valence-electron chi connectivity index (χ2n) is 2.97. The first-order valence-corrected chi connectivity index (χ1v) is 5.20. The van der Waals surface area contributed by atoms with Gasteiger partial charge in [0.15, 0.2) is 23.0 Å². The van der Waals surface area contributed by atoms with Crippen LogP contribution in [0.5, 0.6) is 0 Å². The van der Waals surface area contributed by atoms with E-state index in [4.69, 9.17) is 14.8 Å². The van der Waals surface area contributed by atoms with Crippen LogP contribution in [0.25, 0.3) is 0 Å². The normalized spacial score (nSPS) is 13.9. The molecule has 0 aromatic heterocycles. The van der Waals surface area contributed by atoms with E-state index in [1.807, 2.05) is 0 Å². The molecule has 0 aliphatic carbocycles. The van der Waals surface area contributed by atoms with Gasteiger partial charge in [-0.2, -0.15) is 8.42 Å². The van der Waals surface area contributed by atoms with E-state index in [0.717, 1.165) is 0 Å². The number of hydrogen-bond donors (Lipinski definition) is 4. The number of rotatable bonds is 6. The van der Waals surface area contributed by atoms with E-state index in [1.54, 1.807) is 0 Å². The third-order valence-electron chi connectivity index (χ3n) is 1.48. The average Bonchev–Trinajstić information content (AvgIpc) is 1.96. The van der Waals surface area contributed by atoms with E-state index >= 15 is 0 Å². The van der Waals surface area contributed by atoms with E-state index in [1.165, 1.54) is 0 Å². The molecule has 4 N–H and O–H groups in total. The Balaban J connectivity index is 0. The lowest BCUT2D eigenvalue weighted by molar-refractivity contribution is -0.169. The second-order valence-corrected chi connectivity index (χ2v) is 3.99. The summed E-state index contributed by atoms with van der Waals surface area (Å²) in [6.07, 6.45) is -2.79. The first-order valence-electron chi connectivity index (χ1n) is 3.83. The quantitative estimate of drug-likeness (QED) is 0.289. The number of carboxylic acids is 2. The summed E-state index contributed by atoms with van der Waals surface area (Å²) in [4.78, 5) is 31.6. The van der Waals surface area contributed by atoms with Gasteiger partial charge in [0, 0.05) is 0 Å². The zero-order valence-electron chi connectivity index (χ0n) is 8.06. The molecule has 0 aliphatic heterocycles. The lowest BCUT2D eigenvalue weighted by Crippen LogP contribution is -2.43. The molecule has 12 heteroatoms. The van der Waals surface area contributed by atoms with Crippen LogP contribution in [0.4, 0.5) is 0 Å². The van der Waals surface area contributed by atoms with Crippen LogP contribution in [-0.4, -0.2) is 69.2 Å². The molecule has 0 amide bonds. The number of aliphatic carboxylic acids is 2. The van der Waals surface area contributed by atoms with E-state index in [2.05, 4.69) is 4.18 Å². The van der Waals surface area contributed by atoms with Gasteiger partial charge in [0.05, 0.1) is 12.8 Å². The number of aliphatic hydroxyl groups is 1. The molecule has 0 aromatic carbocycles. The van der Waals surface area contributed by atoms with Gasteiger partial charge in [-0.25, -0.2) is 4.79 Å². The van der Waals surface area contributed by atoms with Crippen molar-refractivity contribution < 1.29 is 46.9 Å². The molecule has 0 bridgehead atoms. The topological polar surface area (TPSA) is 175 Å². The Kier molecular flexibility index (Phi) is 7.10. The van der Waals surface area contributed by atoms with Gasteiger partial charge in [0.2, 0.25) is 0 Å². The van der Waals surface area contributed by atoms with Crippen LogP contribution >= 0.6 is 0 Å². The molecule has 0 spiro atoms. The molecule has 0 radical (unpaired) electrons. The van der Waals surface area contributed by atoms with Gasteiger partial charge >= 0.3 is 28.3 Å². The smallest absolute Gasteiger partial charge is 0.448 e. The van der Waals surface area contributed by atoms with Crippen LogP contribution in [0.1, 0.15) is 12.8 Å². The van der Waals surface area contributed by atoms with Crippen molar-refractivity contribution in [1.29, 1.82) is 0 Å². The zero-order valence-corrected chi connectivity index (χ0v) is 8.88. The molecule has 104 valence electrons. The summed E-state index contributed by atoms with van der Waals surface area (Å²) >= 11 is 0. The minimum absolute atomic E-state index is 0. The highest BCUT2D eigenvalue weighted by molar-refractivity contribution is 7.81. The molecular formula is C6H11AlO10S. The predicted molar refractivity (Wildman–Crippen MR) is 57.0 cm³/mol. The fraction of sp³-hybridized carbons (Fsp3) is 0.500. The van der Waals surface area contributed by atoms with Crippen LogP contribution < -0.4 is 0 Å². The van der Waals surface area contributed by atoms with Gasteiger partial charge in [-0.3, -0.25) is 14.1 Å². The predicted octanol–water partition coefficient (Wildman–Crippen LogP) is -3.17. The molecule has 0 aromatic rings. The minimum atomic E-state index is -5.15. The summed E-state index contributed by atoms with van der Waals surface area (Å²) in [6.45, 7) is 0. The maximum atomic E-state index is 10.8. The summed E-state index contributed by atoms with van der Waals surface area (Å²) in [5.41, 5.74) is -3.02. The highest BCUT2D eigenvalue weighted by Gasteiger charge is 2.42. The van der Waals surface area contributed by atoms with Gasteiger partial charge < -0.3 is 19.5 Å². The minimum Gasteiger partial charge on any atom is -0.481 e. The van der Waals surface area contributed by atoms with Crippen molar-refractivity contribution in [1.82, 2.24) is 0 Å². The maximum absolute atomic E-state index is 10.8. The summed E-state index contributed by atoms with van der Waals surface area (Å²) in [5.74, 6) is -5.58. The van der Waals surface area contributed by atoms with Crippen LogP contribution in [0.3, 0.4) is 0 Å². The van der Waals surface area contributed by atoms with Gasteiger partial charge in [-0.15, -0.1) is 0 Å². The molecule has 10 nitrogen and oxygen atoms in total. The number of carboxylic acid groups (broad SMARTS) is 2. The Morgan fingerprint density at radius 1 is 1.11 bits per heavy atom. The van der Waals surface area contributed by atoms with Gasteiger partial charge in [-0.05, 0) is 0 Å². The average molecular weight is 302 g/mol. The lowest BCUT2D eigenvalue weighted by atomic mass is 9.96. The van der Waals surface area contributed by atoms with Crippen LogP contribution in [0, 0.1) is 0 Å². The van der Waals surface area contributed by atoms with Gasteiger partial charge in [-0.1, -0.05) is 0 Å². The Morgan fingerprint density at radius 2 is 1.56 bits per heavy atom. The molecule has 0 fully saturated rings. The van der Waals surface area contributed by atoms with E-state index in [-0.39, 0.29) is 17.4 Å². The third kappa shape index (κ3) is 7.20. The Morgan fingerprint density at radius 3 is 1.83 bits per heavy atom. The Bertz CT molecular complexity index is 441. The molecule has 0 aliphatic rings. The Hall–Kier alpha value is -1.19. The molecule has 1 atom stereocenters. The molecule has 18 heavy (non-hydrogen) atoms. The fourth-order valence-corrected chi connectivity index (χ4v) is 1.14. The van der Waals surface area contributed by atoms with Crippen molar-refractivity contribution in [2.24, 2.45) is 0 Å². The first-order chi connectivity index (χ1) is 7.46. The third-order valence-corrected chi connectivity index (χ3v) is 1.87.